The second-order valence-electron chi connectivity index (χ2n) is 4.61. The molecular weight excluding hydrogens is 256 g/mol. The Balaban J connectivity index is 0.000000151. The molecule has 3 heterocycles. The molecule has 2 aliphatic heterocycles. The Morgan fingerprint density at radius 3 is 2.65 bits per heavy atom. The van der Waals surface area contributed by atoms with E-state index < -0.39 is 0 Å². The SMILES string of the molecule is CC1C=CC(=N)NC1=O.CC1C=Nc2c(N)ncnc21. The van der Waals surface area contributed by atoms with Gasteiger partial charge in [-0.3, -0.25) is 15.2 Å². The molecule has 7 heteroatoms. The summed E-state index contributed by atoms with van der Waals surface area (Å²) >= 11 is 0. The van der Waals surface area contributed by atoms with Crippen molar-refractivity contribution in [3.63, 3.8) is 0 Å². The maximum Gasteiger partial charge on any atom is 0.232 e. The Hall–Kier alpha value is -2.57. The fourth-order valence-corrected chi connectivity index (χ4v) is 1.75. The minimum Gasteiger partial charge on any atom is -0.382 e. The standard InChI is InChI=1S/C7H8N4.C6H8N2O/c1-4-2-9-6-5(4)10-3-11-7(6)8;1-4-2-3-5(7)8-6(4)9/h2-4H,1H3,(H2,8,10,11);2-4H,1H3,(H2,7,8,9). The van der Waals surface area contributed by atoms with Gasteiger partial charge in [-0.05, 0) is 6.08 Å². The number of fused-ring (bicyclic) bond motifs is 1. The van der Waals surface area contributed by atoms with Crippen LogP contribution in [0.25, 0.3) is 0 Å². The first-order valence-electron chi connectivity index (χ1n) is 6.21. The van der Waals surface area contributed by atoms with Gasteiger partial charge in [-0.15, -0.1) is 0 Å². The summed E-state index contributed by atoms with van der Waals surface area (Å²) in [5.74, 6) is 0.741. The summed E-state index contributed by atoms with van der Waals surface area (Å²) in [5, 5.41) is 9.38. The molecule has 0 aliphatic carbocycles. The van der Waals surface area contributed by atoms with Crippen LogP contribution in [0.1, 0.15) is 25.5 Å². The molecule has 7 nitrogen and oxygen atoms in total. The van der Waals surface area contributed by atoms with E-state index in [2.05, 4.69) is 20.3 Å². The van der Waals surface area contributed by atoms with Crippen molar-refractivity contribution in [2.45, 2.75) is 19.8 Å². The zero-order valence-corrected chi connectivity index (χ0v) is 11.3. The fraction of sp³-hybridized carbons (Fsp3) is 0.308. The molecular formula is C13H16N6O. The van der Waals surface area contributed by atoms with Gasteiger partial charge in [-0.25, -0.2) is 9.97 Å². The number of anilines is 1. The third-order valence-electron chi connectivity index (χ3n) is 2.96. The fourth-order valence-electron chi connectivity index (χ4n) is 1.75. The van der Waals surface area contributed by atoms with Crippen LogP contribution in [0.5, 0.6) is 0 Å². The molecule has 0 radical (unpaired) electrons. The molecule has 0 spiro atoms. The van der Waals surface area contributed by atoms with Crippen LogP contribution in [0, 0.1) is 11.3 Å². The summed E-state index contributed by atoms with van der Waals surface area (Å²) in [5.41, 5.74) is 7.23. The van der Waals surface area contributed by atoms with E-state index in [1.54, 1.807) is 19.1 Å². The lowest BCUT2D eigenvalue weighted by atomic mass is 10.1. The van der Waals surface area contributed by atoms with Crippen LogP contribution < -0.4 is 11.1 Å². The highest BCUT2D eigenvalue weighted by atomic mass is 16.1. The molecule has 1 amide bonds. The van der Waals surface area contributed by atoms with E-state index >= 15 is 0 Å². The number of carbonyl (C=O) groups excluding carboxylic acids is 1. The highest BCUT2D eigenvalue weighted by Crippen LogP contribution is 2.32. The van der Waals surface area contributed by atoms with E-state index in [1.165, 1.54) is 6.33 Å². The number of amides is 1. The van der Waals surface area contributed by atoms with Crippen molar-refractivity contribution in [2.75, 3.05) is 5.73 Å². The topological polar surface area (TPSA) is 117 Å². The van der Waals surface area contributed by atoms with Crippen LogP contribution in [-0.4, -0.2) is 27.9 Å². The molecule has 0 aromatic carbocycles. The van der Waals surface area contributed by atoms with Crippen LogP contribution in [0.4, 0.5) is 11.5 Å². The van der Waals surface area contributed by atoms with E-state index in [-0.39, 0.29) is 23.6 Å². The Labute approximate surface area is 116 Å². The molecule has 4 N–H and O–H groups in total. The lowest BCUT2D eigenvalue weighted by molar-refractivity contribution is -0.121. The number of nitrogens with one attached hydrogen (secondary N) is 2. The van der Waals surface area contributed by atoms with E-state index in [4.69, 9.17) is 11.1 Å². The van der Waals surface area contributed by atoms with Gasteiger partial charge in [0.25, 0.3) is 0 Å². The highest BCUT2D eigenvalue weighted by Gasteiger charge is 2.18. The van der Waals surface area contributed by atoms with Gasteiger partial charge in [0.2, 0.25) is 5.91 Å². The number of hydrogen-bond acceptors (Lipinski definition) is 6. The first-order valence-corrected chi connectivity index (χ1v) is 6.21. The predicted molar refractivity (Wildman–Crippen MR) is 77.2 cm³/mol. The van der Waals surface area contributed by atoms with Crippen molar-refractivity contribution in [2.24, 2.45) is 10.9 Å². The Morgan fingerprint density at radius 2 is 2.05 bits per heavy atom. The quantitative estimate of drug-likeness (QED) is 0.657. The molecule has 0 fully saturated rings. The molecule has 1 aromatic heterocycles. The number of rotatable bonds is 0. The molecule has 3 rings (SSSR count). The van der Waals surface area contributed by atoms with E-state index in [9.17, 15) is 4.79 Å². The van der Waals surface area contributed by atoms with E-state index in [0.29, 0.717) is 5.82 Å². The van der Waals surface area contributed by atoms with Crippen molar-refractivity contribution in [3.8, 4) is 0 Å². The molecule has 0 saturated heterocycles. The van der Waals surface area contributed by atoms with Crippen LogP contribution in [-0.2, 0) is 4.79 Å². The summed E-state index contributed by atoms with van der Waals surface area (Å²) in [6.45, 7) is 3.82. The van der Waals surface area contributed by atoms with Gasteiger partial charge in [0.1, 0.15) is 17.9 Å². The van der Waals surface area contributed by atoms with Crippen molar-refractivity contribution in [1.82, 2.24) is 15.3 Å². The maximum absolute atomic E-state index is 10.7. The van der Waals surface area contributed by atoms with E-state index in [0.717, 1.165) is 11.4 Å². The summed E-state index contributed by atoms with van der Waals surface area (Å²) < 4.78 is 0. The molecule has 2 aliphatic rings. The maximum atomic E-state index is 10.7. The van der Waals surface area contributed by atoms with Gasteiger partial charge in [-0.1, -0.05) is 19.9 Å². The first kappa shape index (κ1) is 13.9. The molecule has 20 heavy (non-hydrogen) atoms. The minimum atomic E-state index is -0.0949. The number of amidine groups is 1. The van der Waals surface area contributed by atoms with Gasteiger partial charge >= 0.3 is 0 Å². The largest absolute Gasteiger partial charge is 0.382 e. The lowest BCUT2D eigenvalue weighted by Crippen LogP contribution is -2.35. The molecule has 2 unspecified atom stereocenters. The van der Waals surface area contributed by atoms with Crippen molar-refractivity contribution < 1.29 is 4.79 Å². The molecule has 0 saturated carbocycles. The Morgan fingerprint density at radius 1 is 1.30 bits per heavy atom. The molecule has 2 atom stereocenters. The average molecular weight is 272 g/mol. The highest BCUT2D eigenvalue weighted by molar-refractivity contribution is 6.06. The summed E-state index contributed by atoms with van der Waals surface area (Å²) in [7, 11) is 0. The van der Waals surface area contributed by atoms with Crippen molar-refractivity contribution >= 4 is 29.5 Å². The van der Waals surface area contributed by atoms with Gasteiger partial charge in [0, 0.05) is 12.1 Å². The van der Waals surface area contributed by atoms with E-state index in [1.807, 2.05) is 13.1 Å². The monoisotopic (exact) mass is 272 g/mol. The number of aliphatic imine (C=N–C) groups is 1. The van der Waals surface area contributed by atoms with Crippen molar-refractivity contribution in [1.29, 1.82) is 5.41 Å². The van der Waals surface area contributed by atoms with Crippen LogP contribution in [0.2, 0.25) is 0 Å². The second kappa shape index (κ2) is 5.60. The van der Waals surface area contributed by atoms with Crippen molar-refractivity contribution in [3.05, 3.63) is 24.2 Å². The third-order valence-corrected chi connectivity index (χ3v) is 2.96. The molecule has 104 valence electrons. The number of nitrogens with zero attached hydrogens (tertiary/aromatic N) is 3. The molecule has 0 bridgehead atoms. The summed E-state index contributed by atoms with van der Waals surface area (Å²) in [6, 6.07) is 0. The number of nitrogen functional groups attached to an aromatic ring is 1. The average Bonchev–Trinajstić information content (AvgIpc) is 2.79. The zero-order valence-electron chi connectivity index (χ0n) is 11.3. The minimum absolute atomic E-state index is 0.0842. The van der Waals surface area contributed by atoms with Crippen LogP contribution >= 0.6 is 0 Å². The van der Waals surface area contributed by atoms with Gasteiger partial charge < -0.3 is 11.1 Å². The van der Waals surface area contributed by atoms with Gasteiger partial charge in [0.15, 0.2) is 5.82 Å². The predicted octanol–water partition coefficient (Wildman–Crippen LogP) is 1.16. The first-order chi connectivity index (χ1) is 9.49. The van der Waals surface area contributed by atoms with Crippen LogP contribution in [0.3, 0.4) is 0 Å². The Kier molecular flexibility index (Phi) is 3.88. The normalized spacial score (nSPS) is 22.9. The second-order valence-corrected chi connectivity index (χ2v) is 4.61. The summed E-state index contributed by atoms with van der Waals surface area (Å²) in [6.07, 6.45) is 6.60. The summed E-state index contributed by atoms with van der Waals surface area (Å²) in [4.78, 5) is 22.7. The number of hydrogen-bond donors (Lipinski definition) is 3. The van der Waals surface area contributed by atoms with Gasteiger partial charge in [-0.2, -0.15) is 0 Å². The van der Waals surface area contributed by atoms with Crippen LogP contribution in [0.15, 0.2) is 23.5 Å². The number of carbonyl (C=O) groups is 1. The lowest BCUT2D eigenvalue weighted by Gasteiger charge is -2.11. The zero-order chi connectivity index (χ0) is 14.7. The smallest absolute Gasteiger partial charge is 0.232 e. The Bertz CT molecular complexity index is 607. The van der Waals surface area contributed by atoms with Gasteiger partial charge in [0.05, 0.1) is 11.6 Å². The molecule has 1 aromatic rings. The third kappa shape index (κ3) is 2.87. The number of aromatic nitrogens is 2. The number of nitrogens with two attached hydrogens (primary N) is 1.